The van der Waals surface area contributed by atoms with E-state index in [2.05, 4.69) is 5.32 Å². The number of benzene rings is 1. The molecule has 5 heteroatoms. The van der Waals surface area contributed by atoms with Crippen LogP contribution in [0.25, 0.3) is 0 Å². The van der Waals surface area contributed by atoms with E-state index >= 15 is 0 Å². The van der Waals surface area contributed by atoms with Crippen molar-refractivity contribution in [3.8, 4) is 5.75 Å². The molecule has 0 aliphatic heterocycles. The summed E-state index contributed by atoms with van der Waals surface area (Å²) in [5, 5.41) is 4.60. The van der Waals surface area contributed by atoms with Gasteiger partial charge in [-0.2, -0.15) is 0 Å². The second-order valence-electron chi connectivity index (χ2n) is 4.41. The molecule has 4 nitrogen and oxygen atoms in total. The van der Waals surface area contributed by atoms with E-state index in [0.29, 0.717) is 18.0 Å². The molecule has 1 N–H and O–H groups in total. The quantitative estimate of drug-likeness (QED) is 0.602. The Morgan fingerprint density at radius 2 is 1.86 bits per heavy atom. The first-order valence-electron chi connectivity index (χ1n) is 6.77. The molecule has 1 heterocycles. The summed E-state index contributed by atoms with van der Waals surface area (Å²) in [4.78, 5) is 24.0. The summed E-state index contributed by atoms with van der Waals surface area (Å²) in [7, 11) is 0. The van der Waals surface area contributed by atoms with Crippen molar-refractivity contribution in [2.24, 2.45) is 0 Å². The van der Waals surface area contributed by atoms with E-state index < -0.39 is 0 Å². The Morgan fingerprint density at radius 3 is 2.57 bits per heavy atom. The molecular formula is C16H17NO3S. The summed E-state index contributed by atoms with van der Waals surface area (Å²) in [6.07, 6.45) is 0.452. The van der Waals surface area contributed by atoms with Crippen molar-refractivity contribution < 1.29 is 14.3 Å². The van der Waals surface area contributed by atoms with Crippen LogP contribution in [0.15, 0.2) is 47.8 Å². The van der Waals surface area contributed by atoms with Crippen LogP contribution < -0.4 is 10.1 Å². The van der Waals surface area contributed by atoms with Crippen molar-refractivity contribution in [3.05, 3.63) is 52.7 Å². The van der Waals surface area contributed by atoms with Gasteiger partial charge < -0.3 is 10.1 Å². The van der Waals surface area contributed by atoms with Gasteiger partial charge in [0.1, 0.15) is 12.4 Å². The molecule has 2 rings (SSSR count). The summed E-state index contributed by atoms with van der Waals surface area (Å²) in [5.41, 5.74) is 0. The van der Waals surface area contributed by atoms with Gasteiger partial charge in [-0.05, 0) is 23.6 Å². The molecule has 2 aromatic rings. The van der Waals surface area contributed by atoms with E-state index in [9.17, 15) is 9.59 Å². The van der Waals surface area contributed by atoms with Gasteiger partial charge in [0.15, 0.2) is 5.78 Å². The van der Waals surface area contributed by atoms with Gasteiger partial charge in [0.25, 0.3) is 0 Å². The van der Waals surface area contributed by atoms with E-state index in [1.54, 1.807) is 6.07 Å². The van der Waals surface area contributed by atoms with E-state index in [0.717, 1.165) is 5.75 Å². The molecule has 0 spiro atoms. The predicted octanol–water partition coefficient (Wildman–Crippen LogP) is 2.91. The number of hydrogen-bond donors (Lipinski definition) is 1. The second-order valence-corrected chi connectivity index (χ2v) is 5.36. The Labute approximate surface area is 127 Å². The number of Topliss-reactive ketones (excluding diaryl/α,β-unsaturated/α-hetero) is 1. The zero-order chi connectivity index (χ0) is 14.9. The minimum atomic E-state index is -0.128. The zero-order valence-electron chi connectivity index (χ0n) is 11.6. The molecular weight excluding hydrogens is 286 g/mol. The van der Waals surface area contributed by atoms with Gasteiger partial charge >= 0.3 is 0 Å². The lowest BCUT2D eigenvalue weighted by molar-refractivity contribution is -0.121. The van der Waals surface area contributed by atoms with Crippen LogP contribution in [0.3, 0.4) is 0 Å². The van der Waals surface area contributed by atoms with Crippen molar-refractivity contribution in [3.63, 3.8) is 0 Å². The molecule has 0 radical (unpaired) electrons. The minimum absolute atomic E-state index is 0.0145. The Balaban J connectivity index is 1.59. The number of ketones is 1. The van der Waals surface area contributed by atoms with Crippen LogP contribution in [0.4, 0.5) is 0 Å². The van der Waals surface area contributed by atoms with Gasteiger partial charge in [0.2, 0.25) is 5.91 Å². The number of thiophene rings is 1. The molecule has 0 aliphatic rings. The molecule has 110 valence electrons. The van der Waals surface area contributed by atoms with Crippen LogP contribution in [0.1, 0.15) is 22.5 Å². The van der Waals surface area contributed by atoms with Crippen LogP contribution >= 0.6 is 11.3 Å². The molecule has 0 bridgehead atoms. The number of hydrogen-bond acceptors (Lipinski definition) is 4. The number of carbonyl (C=O) groups excluding carboxylic acids is 2. The van der Waals surface area contributed by atoms with Crippen LogP contribution in [0.2, 0.25) is 0 Å². The first kappa shape index (κ1) is 15.3. The number of amides is 1. The molecule has 0 saturated heterocycles. The standard InChI is InChI=1S/C16H17NO3S/c18-14(15-7-4-12-21-15)8-9-16(19)17-10-11-20-13-5-2-1-3-6-13/h1-7,12H,8-11H2,(H,17,19). The lowest BCUT2D eigenvalue weighted by Crippen LogP contribution is -2.28. The first-order chi connectivity index (χ1) is 10.3. The topological polar surface area (TPSA) is 55.4 Å². The maximum absolute atomic E-state index is 11.7. The molecule has 1 amide bonds. The fourth-order valence-corrected chi connectivity index (χ4v) is 2.45. The third-order valence-electron chi connectivity index (χ3n) is 2.81. The SMILES string of the molecule is O=C(CCC(=O)c1cccs1)NCCOc1ccccc1. The smallest absolute Gasteiger partial charge is 0.220 e. The fraction of sp³-hybridized carbons (Fsp3) is 0.250. The number of nitrogens with one attached hydrogen (secondary N) is 1. The van der Waals surface area contributed by atoms with Gasteiger partial charge in [-0.3, -0.25) is 9.59 Å². The maximum Gasteiger partial charge on any atom is 0.220 e. The second kappa shape index (κ2) is 8.21. The lowest BCUT2D eigenvalue weighted by atomic mass is 10.2. The molecule has 0 aliphatic carbocycles. The normalized spacial score (nSPS) is 10.1. The average Bonchev–Trinajstić information content (AvgIpc) is 3.05. The van der Waals surface area contributed by atoms with Gasteiger partial charge in [-0.25, -0.2) is 0 Å². The van der Waals surface area contributed by atoms with E-state index in [-0.39, 0.29) is 24.5 Å². The van der Waals surface area contributed by atoms with E-state index in [1.165, 1.54) is 11.3 Å². The lowest BCUT2D eigenvalue weighted by Gasteiger charge is -2.07. The molecule has 0 fully saturated rings. The average molecular weight is 303 g/mol. The number of para-hydroxylation sites is 1. The first-order valence-corrected chi connectivity index (χ1v) is 7.65. The largest absolute Gasteiger partial charge is 0.492 e. The Kier molecular flexibility index (Phi) is 5.97. The van der Waals surface area contributed by atoms with E-state index in [4.69, 9.17) is 4.74 Å². The predicted molar refractivity (Wildman–Crippen MR) is 82.8 cm³/mol. The van der Waals surface area contributed by atoms with Gasteiger partial charge in [0.05, 0.1) is 11.4 Å². The molecule has 1 aromatic carbocycles. The number of rotatable bonds is 8. The third kappa shape index (κ3) is 5.39. The van der Waals surface area contributed by atoms with Gasteiger partial charge in [-0.15, -0.1) is 11.3 Å². The number of ether oxygens (including phenoxy) is 1. The zero-order valence-corrected chi connectivity index (χ0v) is 12.4. The summed E-state index contributed by atoms with van der Waals surface area (Å²) in [6.45, 7) is 0.843. The molecule has 21 heavy (non-hydrogen) atoms. The minimum Gasteiger partial charge on any atom is -0.492 e. The maximum atomic E-state index is 11.7. The molecule has 0 unspecified atom stereocenters. The van der Waals surface area contributed by atoms with Gasteiger partial charge in [0, 0.05) is 12.8 Å². The van der Waals surface area contributed by atoms with Crippen LogP contribution in [-0.2, 0) is 4.79 Å². The molecule has 0 atom stereocenters. The summed E-state index contributed by atoms with van der Waals surface area (Å²) in [5.74, 6) is 0.664. The highest BCUT2D eigenvalue weighted by atomic mass is 32.1. The van der Waals surface area contributed by atoms with E-state index in [1.807, 2.05) is 41.8 Å². The van der Waals surface area contributed by atoms with Crippen LogP contribution in [0.5, 0.6) is 5.75 Å². The fourth-order valence-electron chi connectivity index (χ4n) is 1.75. The van der Waals surface area contributed by atoms with Crippen molar-refractivity contribution in [2.75, 3.05) is 13.2 Å². The Bertz CT molecular complexity index is 566. The van der Waals surface area contributed by atoms with Crippen molar-refractivity contribution in [1.29, 1.82) is 0 Å². The van der Waals surface area contributed by atoms with Crippen molar-refractivity contribution in [2.45, 2.75) is 12.8 Å². The Morgan fingerprint density at radius 1 is 1.05 bits per heavy atom. The van der Waals surface area contributed by atoms with Crippen LogP contribution in [-0.4, -0.2) is 24.8 Å². The Hall–Kier alpha value is -2.14. The summed E-state index contributed by atoms with van der Waals surface area (Å²) < 4.78 is 5.46. The highest BCUT2D eigenvalue weighted by Crippen LogP contribution is 2.12. The molecule has 0 saturated carbocycles. The highest BCUT2D eigenvalue weighted by molar-refractivity contribution is 7.12. The van der Waals surface area contributed by atoms with Gasteiger partial charge in [-0.1, -0.05) is 24.3 Å². The third-order valence-corrected chi connectivity index (χ3v) is 3.72. The highest BCUT2D eigenvalue weighted by Gasteiger charge is 2.09. The summed E-state index contributed by atoms with van der Waals surface area (Å²) in [6, 6.07) is 13.0. The molecule has 1 aromatic heterocycles. The van der Waals surface area contributed by atoms with Crippen molar-refractivity contribution >= 4 is 23.0 Å². The summed E-state index contributed by atoms with van der Waals surface area (Å²) >= 11 is 1.40. The van der Waals surface area contributed by atoms with Crippen LogP contribution in [0, 0.1) is 0 Å². The van der Waals surface area contributed by atoms with Crippen molar-refractivity contribution in [1.82, 2.24) is 5.32 Å². The monoisotopic (exact) mass is 303 g/mol. The number of carbonyl (C=O) groups is 2.